The molecule has 1 aliphatic carbocycles. The Morgan fingerprint density at radius 2 is 0.529 bits per heavy atom. The van der Waals surface area contributed by atoms with Crippen LogP contribution in [0.5, 0.6) is 0 Å². The molecule has 17 aromatic carbocycles. The molecule has 6 aromatic heterocycles. The number of hydrogen-bond acceptors (Lipinski definition) is 0. The molecule has 24 rings (SSSR count). The minimum Gasteiger partial charge on any atom is -0.309 e. The van der Waals surface area contributed by atoms with Gasteiger partial charge in [0.2, 0.25) is 0 Å². The quantitative estimate of drug-likeness (QED) is 0.124. The Morgan fingerprint density at radius 3 is 1.03 bits per heavy atom. The van der Waals surface area contributed by atoms with E-state index in [9.17, 15) is 0 Å². The van der Waals surface area contributed by atoms with Crippen LogP contribution in [0.3, 0.4) is 0 Å². The summed E-state index contributed by atoms with van der Waals surface area (Å²) < 4.78 is 14.9. The maximum atomic E-state index is 2.53. The summed E-state index contributed by atoms with van der Waals surface area (Å²) in [6.07, 6.45) is 0.829. The van der Waals surface area contributed by atoms with Crippen molar-refractivity contribution in [2.24, 2.45) is 0 Å². The molecule has 0 spiro atoms. The van der Waals surface area contributed by atoms with E-state index in [-0.39, 0.29) is 16.2 Å². The van der Waals surface area contributed by atoms with Crippen molar-refractivity contribution in [3.8, 4) is 67.5 Å². The molecule has 0 fully saturated rings. The SMILES string of the molecule is CC(C)(C)c1ccc2c(c1)c1ccc(-c3ccc4c5cc(C(C)(C)Cc6ccc7c(c6)c6ccc(-n8c9ccccc9c9ccc(-c%10ccc%11c%12ccccc%12n(-c%12ccc%13c(c%12)C(C)(C)c%12ccccc%12-%13)c%11c%10)cc98)cc6n7-c6ccccc6)ccc5n(-c5ccc6c(c5)c5ccccc5n6-c5ccccc5)c4c3)cc1n2-c1ccccc1. The van der Waals surface area contributed by atoms with Crippen molar-refractivity contribution in [2.45, 2.75) is 71.1 Å². The second-order valence-corrected chi connectivity index (χ2v) is 35.4. The van der Waals surface area contributed by atoms with E-state index in [0.717, 1.165) is 40.4 Å². The molecule has 0 aliphatic heterocycles. The summed E-state index contributed by atoms with van der Waals surface area (Å²) in [7, 11) is 0. The maximum Gasteiger partial charge on any atom is 0.0561 e. The van der Waals surface area contributed by atoms with Crippen molar-refractivity contribution in [1.29, 1.82) is 0 Å². The lowest BCUT2D eigenvalue weighted by Gasteiger charge is -2.26. The topological polar surface area (TPSA) is 29.6 Å². The molecule has 6 heterocycles. The van der Waals surface area contributed by atoms with E-state index >= 15 is 0 Å². The second-order valence-electron chi connectivity index (χ2n) is 35.4. The average Bonchev–Trinajstić information content (AvgIpc) is 1.58. The first-order valence-electron chi connectivity index (χ1n) is 41.9. The fourth-order valence-corrected chi connectivity index (χ4v) is 20.8. The van der Waals surface area contributed by atoms with Gasteiger partial charge < -0.3 is 27.4 Å². The fourth-order valence-electron chi connectivity index (χ4n) is 20.8. The predicted octanol–water partition coefficient (Wildman–Crippen LogP) is 29.7. The first kappa shape index (κ1) is 68.9. The average molecular weight is 1530 g/mol. The van der Waals surface area contributed by atoms with Gasteiger partial charge in [-0.25, -0.2) is 0 Å². The van der Waals surface area contributed by atoms with E-state index in [1.165, 1.54) is 192 Å². The zero-order valence-electron chi connectivity index (χ0n) is 67.6. The summed E-state index contributed by atoms with van der Waals surface area (Å²) >= 11 is 0. The highest BCUT2D eigenvalue weighted by molar-refractivity contribution is 6.17. The van der Waals surface area contributed by atoms with E-state index in [1.54, 1.807) is 0 Å². The number of benzene rings is 17. The number of para-hydroxylation sites is 6. The van der Waals surface area contributed by atoms with Gasteiger partial charge in [-0.3, -0.25) is 0 Å². The molecule has 0 amide bonds. The Kier molecular flexibility index (Phi) is 14.8. The molecular formula is C113H84N6. The number of nitrogens with zero attached hydrogens (tertiary/aromatic N) is 6. The van der Waals surface area contributed by atoms with Crippen LogP contribution in [0.4, 0.5) is 0 Å². The summed E-state index contributed by atoms with van der Waals surface area (Å²) in [5, 5.41) is 14.8. The van der Waals surface area contributed by atoms with E-state index in [0.29, 0.717) is 0 Å². The number of hydrogen-bond donors (Lipinski definition) is 0. The molecule has 0 unspecified atom stereocenters. The van der Waals surface area contributed by atoms with Crippen LogP contribution in [-0.2, 0) is 22.7 Å². The number of rotatable bonds is 11. The third-order valence-electron chi connectivity index (χ3n) is 26.7. The van der Waals surface area contributed by atoms with Crippen LogP contribution in [0.25, 0.3) is 198 Å². The summed E-state index contributed by atoms with van der Waals surface area (Å²) in [6, 6.07) is 140. The lowest BCUT2D eigenvalue weighted by atomic mass is 9.78. The summed E-state index contributed by atoms with van der Waals surface area (Å²) in [5.41, 5.74) is 34.7. The van der Waals surface area contributed by atoms with Crippen LogP contribution in [0.15, 0.2) is 370 Å². The molecule has 0 bridgehead atoms. The molecule has 1 aliphatic rings. The third-order valence-corrected chi connectivity index (χ3v) is 26.7. The lowest BCUT2D eigenvalue weighted by molar-refractivity contribution is 0.523. The first-order chi connectivity index (χ1) is 58.1. The molecule has 0 radical (unpaired) electrons. The molecule has 0 saturated carbocycles. The van der Waals surface area contributed by atoms with Crippen LogP contribution in [0.1, 0.15) is 76.3 Å². The normalized spacial score (nSPS) is 13.1. The molecule has 0 atom stereocenters. The fraction of sp³-hybridized carbons (Fsp3) is 0.0973. The van der Waals surface area contributed by atoms with Gasteiger partial charge in [0.05, 0.1) is 66.2 Å². The predicted molar refractivity (Wildman–Crippen MR) is 503 cm³/mol. The molecular weight excluding hydrogens is 1440 g/mol. The largest absolute Gasteiger partial charge is 0.309 e. The zero-order chi connectivity index (χ0) is 79.5. The van der Waals surface area contributed by atoms with Gasteiger partial charge in [-0.05, 0) is 236 Å². The minimum atomic E-state index is -0.271. The van der Waals surface area contributed by atoms with Gasteiger partial charge in [0.15, 0.2) is 0 Å². The molecule has 6 nitrogen and oxygen atoms in total. The lowest BCUT2D eigenvalue weighted by Crippen LogP contribution is -2.20. The Hall–Kier alpha value is -14.5. The highest BCUT2D eigenvalue weighted by atomic mass is 15.0. The van der Waals surface area contributed by atoms with Crippen molar-refractivity contribution >= 4 is 131 Å². The van der Waals surface area contributed by atoms with Crippen molar-refractivity contribution < 1.29 is 0 Å². The third kappa shape index (κ3) is 10.4. The van der Waals surface area contributed by atoms with Crippen LogP contribution < -0.4 is 0 Å². The van der Waals surface area contributed by atoms with Crippen LogP contribution in [-0.4, -0.2) is 27.4 Å². The monoisotopic (exact) mass is 1520 g/mol. The number of aromatic nitrogens is 6. The van der Waals surface area contributed by atoms with Crippen LogP contribution in [0.2, 0.25) is 0 Å². The van der Waals surface area contributed by atoms with E-state index in [4.69, 9.17) is 0 Å². The van der Waals surface area contributed by atoms with Crippen molar-refractivity contribution in [3.05, 3.63) is 398 Å². The molecule has 6 heteroatoms. The Morgan fingerprint density at radius 1 is 0.210 bits per heavy atom. The molecule has 0 N–H and O–H groups in total. The van der Waals surface area contributed by atoms with Crippen molar-refractivity contribution in [1.82, 2.24) is 27.4 Å². The van der Waals surface area contributed by atoms with Gasteiger partial charge in [-0.1, -0.05) is 261 Å². The maximum absolute atomic E-state index is 2.53. The summed E-state index contributed by atoms with van der Waals surface area (Å²) in [4.78, 5) is 0. The second kappa shape index (κ2) is 25.5. The van der Waals surface area contributed by atoms with E-state index in [1.807, 2.05) is 0 Å². The molecule has 0 saturated heterocycles. The van der Waals surface area contributed by atoms with Crippen LogP contribution in [0, 0.1) is 0 Å². The van der Waals surface area contributed by atoms with Gasteiger partial charge in [0.25, 0.3) is 0 Å². The Labute approximate surface area is 690 Å². The van der Waals surface area contributed by atoms with Crippen molar-refractivity contribution in [2.75, 3.05) is 0 Å². The van der Waals surface area contributed by atoms with Crippen molar-refractivity contribution in [3.63, 3.8) is 0 Å². The first-order valence-corrected chi connectivity index (χ1v) is 41.9. The Balaban J connectivity index is 0.620. The molecule has 23 aromatic rings. The van der Waals surface area contributed by atoms with Gasteiger partial charge in [0.1, 0.15) is 0 Å². The number of fused-ring (bicyclic) bond motifs is 21. The Bertz CT molecular complexity index is 8220. The van der Waals surface area contributed by atoms with Gasteiger partial charge in [0, 0.05) is 104 Å². The zero-order valence-corrected chi connectivity index (χ0v) is 67.6. The smallest absolute Gasteiger partial charge is 0.0561 e. The summed E-state index contributed by atoms with van der Waals surface area (Å²) in [5.74, 6) is 0. The highest BCUT2D eigenvalue weighted by Crippen LogP contribution is 2.51. The van der Waals surface area contributed by atoms with Gasteiger partial charge >= 0.3 is 0 Å². The highest BCUT2D eigenvalue weighted by Gasteiger charge is 2.36. The molecule has 566 valence electrons. The van der Waals surface area contributed by atoms with Crippen LogP contribution >= 0.6 is 0 Å². The van der Waals surface area contributed by atoms with Gasteiger partial charge in [-0.15, -0.1) is 0 Å². The van der Waals surface area contributed by atoms with E-state index < -0.39 is 0 Å². The summed E-state index contributed by atoms with van der Waals surface area (Å²) in [6.45, 7) is 16.5. The molecule has 119 heavy (non-hydrogen) atoms. The standard InChI is InChI=1S/C113H84N6/c1-111(2,3)75-44-56-103-94(64-75)90-51-42-73(62-108(90)115(103)78-27-13-9-14-28-78)74-43-52-91-95-65-76(45-57-104(95)117(109(91)63-74)80-48-58-105-96(66-80)87-34-20-24-38-101(87)114(105)77-25-11-8-12-26-77)112(4,5)69-70-39-55-102-93(59-70)92-54-47-82(68-110(92)116(102)79-29-15-10-16-30-79)119-100-37-23-19-33-86(100)89-50-41-72(61-107(89)119)71-40-49-88-85-32-18-22-36-99(85)118(106(88)60-71)81-46-53-84-83-31-17-21-35-97(83)113(6,7)98(84)67-81/h8-68H,69H2,1-7H3. The minimum absolute atomic E-state index is 0.00762. The van der Waals surface area contributed by atoms with E-state index in [2.05, 4.69) is 446 Å². The van der Waals surface area contributed by atoms with Gasteiger partial charge in [-0.2, -0.15) is 0 Å².